The van der Waals surface area contributed by atoms with Crippen LogP contribution in [0.25, 0.3) is 0 Å². The van der Waals surface area contributed by atoms with Crippen molar-refractivity contribution in [2.75, 3.05) is 0 Å². The largest absolute Gasteiger partial charge is 0.478 e. The van der Waals surface area contributed by atoms with Crippen molar-refractivity contribution in [1.82, 2.24) is 4.57 Å². The Bertz CT molecular complexity index is 430. The molecule has 0 bridgehead atoms. The van der Waals surface area contributed by atoms with Gasteiger partial charge in [0.1, 0.15) is 12.2 Å². The molecule has 0 amide bonds. The minimum Gasteiger partial charge on any atom is -0.478 e. The van der Waals surface area contributed by atoms with Gasteiger partial charge >= 0.3 is 18.3 Å². The molecule has 17 heavy (non-hydrogen) atoms. The molecule has 1 heterocycles. The maximum atomic E-state index is 12.4. The van der Waals surface area contributed by atoms with E-state index in [1.165, 1.54) is 0 Å². The van der Waals surface area contributed by atoms with Gasteiger partial charge in [0, 0.05) is 6.20 Å². The SMILES string of the molecule is O=C(O)c1ccn(CC(F)(F)F)c1C(F)(F)F. The van der Waals surface area contributed by atoms with E-state index in [2.05, 4.69) is 0 Å². The molecule has 0 aliphatic rings. The summed E-state index contributed by atoms with van der Waals surface area (Å²) in [5.74, 6) is -1.93. The number of alkyl halides is 6. The van der Waals surface area contributed by atoms with Crippen LogP contribution in [0.2, 0.25) is 0 Å². The van der Waals surface area contributed by atoms with Gasteiger partial charge in [-0.15, -0.1) is 0 Å². The molecule has 0 saturated heterocycles. The number of hydrogen-bond donors (Lipinski definition) is 1. The van der Waals surface area contributed by atoms with Crippen LogP contribution in [0.15, 0.2) is 12.3 Å². The Labute approximate surface area is 90.3 Å². The van der Waals surface area contributed by atoms with Gasteiger partial charge < -0.3 is 9.67 Å². The van der Waals surface area contributed by atoms with Crippen LogP contribution in [0, 0.1) is 0 Å². The van der Waals surface area contributed by atoms with E-state index >= 15 is 0 Å². The van der Waals surface area contributed by atoms with Gasteiger partial charge in [-0.3, -0.25) is 0 Å². The van der Waals surface area contributed by atoms with E-state index in [0.29, 0.717) is 12.3 Å². The Hall–Kier alpha value is -1.67. The lowest BCUT2D eigenvalue weighted by atomic mass is 10.2. The maximum Gasteiger partial charge on any atom is 0.432 e. The Morgan fingerprint density at radius 3 is 2.12 bits per heavy atom. The Morgan fingerprint density at radius 2 is 1.76 bits per heavy atom. The predicted octanol–water partition coefficient (Wildman–Crippen LogP) is 2.77. The van der Waals surface area contributed by atoms with E-state index in [0.717, 1.165) is 0 Å². The smallest absolute Gasteiger partial charge is 0.432 e. The normalized spacial score (nSPS) is 12.8. The van der Waals surface area contributed by atoms with Gasteiger partial charge in [-0.1, -0.05) is 0 Å². The first kappa shape index (κ1) is 13.4. The summed E-state index contributed by atoms with van der Waals surface area (Å²) >= 11 is 0. The average molecular weight is 261 g/mol. The van der Waals surface area contributed by atoms with Crippen LogP contribution >= 0.6 is 0 Å². The molecule has 1 N–H and O–H groups in total. The number of aromatic carboxylic acids is 1. The average Bonchev–Trinajstić information content (AvgIpc) is 2.43. The van der Waals surface area contributed by atoms with Gasteiger partial charge in [-0.05, 0) is 6.07 Å². The highest BCUT2D eigenvalue weighted by Crippen LogP contribution is 2.34. The summed E-state index contributed by atoms with van der Waals surface area (Å²) in [7, 11) is 0. The molecule has 1 aromatic heterocycles. The quantitative estimate of drug-likeness (QED) is 0.832. The fourth-order valence-corrected chi connectivity index (χ4v) is 1.29. The van der Waals surface area contributed by atoms with Crippen LogP contribution in [-0.4, -0.2) is 21.8 Å². The zero-order chi connectivity index (χ0) is 13.4. The van der Waals surface area contributed by atoms with Crippen LogP contribution in [0.1, 0.15) is 16.1 Å². The van der Waals surface area contributed by atoms with E-state index in [1.54, 1.807) is 0 Å². The van der Waals surface area contributed by atoms with Crippen LogP contribution < -0.4 is 0 Å². The number of hydrogen-bond acceptors (Lipinski definition) is 1. The van der Waals surface area contributed by atoms with Gasteiger partial charge in [0.2, 0.25) is 0 Å². The molecule has 0 fully saturated rings. The number of carboxylic acid groups (broad SMARTS) is 1. The summed E-state index contributed by atoms with van der Waals surface area (Å²) < 4.78 is 73.1. The zero-order valence-electron chi connectivity index (χ0n) is 7.93. The number of aromatic nitrogens is 1. The molecule has 0 atom stereocenters. The molecule has 0 aliphatic heterocycles. The second-order valence-electron chi connectivity index (χ2n) is 3.12. The lowest BCUT2D eigenvalue weighted by molar-refractivity contribution is -0.158. The molecule has 0 unspecified atom stereocenters. The second-order valence-corrected chi connectivity index (χ2v) is 3.12. The van der Waals surface area contributed by atoms with E-state index in [4.69, 9.17) is 5.11 Å². The second kappa shape index (κ2) is 3.97. The van der Waals surface area contributed by atoms with E-state index in [1.807, 2.05) is 0 Å². The van der Waals surface area contributed by atoms with Crippen molar-refractivity contribution >= 4 is 5.97 Å². The van der Waals surface area contributed by atoms with Gasteiger partial charge in [0.15, 0.2) is 0 Å². The summed E-state index contributed by atoms with van der Waals surface area (Å²) in [6.07, 6.45) is -9.59. The Kier molecular flexibility index (Phi) is 3.13. The molecule has 3 nitrogen and oxygen atoms in total. The molecule has 96 valence electrons. The minimum atomic E-state index is -5.16. The fraction of sp³-hybridized carbons (Fsp3) is 0.375. The molecule has 0 aromatic carbocycles. The molecular formula is C8H5F6NO2. The Balaban J connectivity index is 3.29. The predicted molar refractivity (Wildman–Crippen MR) is 42.4 cm³/mol. The van der Waals surface area contributed by atoms with E-state index in [9.17, 15) is 31.1 Å². The summed E-state index contributed by atoms with van der Waals surface area (Å²) in [5, 5.41) is 8.45. The summed E-state index contributed by atoms with van der Waals surface area (Å²) in [5.41, 5.74) is -3.02. The molecule has 1 rings (SSSR count). The third-order valence-corrected chi connectivity index (χ3v) is 1.81. The van der Waals surface area contributed by atoms with Crippen molar-refractivity contribution in [3.05, 3.63) is 23.5 Å². The number of rotatable bonds is 2. The van der Waals surface area contributed by atoms with Crippen molar-refractivity contribution in [1.29, 1.82) is 0 Å². The standard InChI is InChI=1S/C8H5F6NO2/c9-7(10,11)3-15-2-1-4(6(16)17)5(15)8(12,13)14/h1-2H,3H2,(H,16,17). The van der Waals surface area contributed by atoms with Crippen molar-refractivity contribution in [2.24, 2.45) is 0 Å². The number of halogens is 6. The first-order valence-corrected chi connectivity index (χ1v) is 4.09. The van der Waals surface area contributed by atoms with Crippen molar-refractivity contribution in [3.8, 4) is 0 Å². The highest BCUT2D eigenvalue weighted by molar-refractivity contribution is 5.89. The first-order chi connectivity index (χ1) is 7.52. The Morgan fingerprint density at radius 1 is 1.24 bits per heavy atom. The lowest BCUT2D eigenvalue weighted by Gasteiger charge is -2.14. The van der Waals surface area contributed by atoms with Crippen molar-refractivity contribution < 1.29 is 36.2 Å². The van der Waals surface area contributed by atoms with Gasteiger partial charge in [0.25, 0.3) is 0 Å². The molecule has 0 spiro atoms. The topological polar surface area (TPSA) is 42.2 Å². The van der Waals surface area contributed by atoms with Crippen molar-refractivity contribution in [3.63, 3.8) is 0 Å². The van der Waals surface area contributed by atoms with Crippen molar-refractivity contribution in [2.45, 2.75) is 18.9 Å². The maximum absolute atomic E-state index is 12.4. The molecule has 0 aliphatic carbocycles. The molecule has 0 saturated carbocycles. The zero-order valence-corrected chi connectivity index (χ0v) is 7.93. The molecule has 1 aromatic rings. The van der Waals surface area contributed by atoms with Crippen LogP contribution in [0.4, 0.5) is 26.3 Å². The van der Waals surface area contributed by atoms with Crippen LogP contribution in [0.5, 0.6) is 0 Å². The summed E-state index contributed by atoms with van der Waals surface area (Å²) in [6.45, 7) is -1.89. The van der Waals surface area contributed by atoms with Crippen LogP contribution in [0.3, 0.4) is 0 Å². The van der Waals surface area contributed by atoms with Crippen LogP contribution in [-0.2, 0) is 12.7 Å². The fourth-order valence-electron chi connectivity index (χ4n) is 1.29. The van der Waals surface area contributed by atoms with E-state index in [-0.39, 0.29) is 4.57 Å². The highest BCUT2D eigenvalue weighted by atomic mass is 19.4. The van der Waals surface area contributed by atoms with Gasteiger partial charge in [0.05, 0.1) is 5.56 Å². The third-order valence-electron chi connectivity index (χ3n) is 1.81. The number of carbonyl (C=O) groups is 1. The number of nitrogens with zero attached hydrogens (tertiary/aromatic N) is 1. The van der Waals surface area contributed by atoms with Gasteiger partial charge in [-0.2, -0.15) is 26.3 Å². The summed E-state index contributed by atoms with van der Waals surface area (Å²) in [6, 6.07) is 0.483. The van der Waals surface area contributed by atoms with Gasteiger partial charge in [-0.25, -0.2) is 4.79 Å². The monoisotopic (exact) mass is 261 g/mol. The van der Waals surface area contributed by atoms with E-state index < -0.39 is 36.1 Å². The highest BCUT2D eigenvalue weighted by Gasteiger charge is 2.41. The molecule has 0 radical (unpaired) electrons. The number of carboxylic acids is 1. The third kappa shape index (κ3) is 3.14. The summed E-state index contributed by atoms with van der Waals surface area (Å²) in [4.78, 5) is 10.5. The minimum absolute atomic E-state index is 0.177. The lowest BCUT2D eigenvalue weighted by Crippen LogP contribution is -2.23. The molecular weight excluding hydrogens is 256 g/mol. The first-order valence-electron chi connectivity index (χ1n) is 4.09. The molecule has 9 heteroatoms.